The molecule has 0 amide bonds. The highest BCUT2D eigenvalue weighted by molar-refractivity contribution is 5.66. The van der Waals surface area contributed by atoms with Crippen molar-refractivity contribution in [3.05, 3.63) is 54.1 Å². The number of rotatable bonds is 13. The van der Waals surface area contributed by atoms with Gasteiger partial charge in [0.2, 0.25) is 0 Å². The number of nitrogens with one attached hydrogen (secondary N) is 1. The van der Waals surface area contributed by atoms with Gasteiger partial charge in [0.15, 0.2) is 0 Å². The van der Waals surface area contributed by atoms with Gasteiger partial charge in [-0.3, -0.25) is 0 Å². The van der Waals surface area contributed by atoms with Gasteiger partial charge in [-0.15, -0.1) is 0 Å². The van der Waals surface area contributed by atoms with Crippen LogP contribution in [-0.2, 0) is 10.2 Å². The predicted molar refractivity (Wildman–Crippen MR) is 135 cm³/mol. The number of aliphatic hydroxyl groups excluding tert-OH is 2. The molecule has 0 spiro atoms. The maximum absolute atomic E-state index is 9.67. The Morgan fingerprint density at radius 3 is 1.94 bits per heavy atom. The maximum atomic E-state index is 9.67. The molecule has 0 aliphatic carbocycles. The van der Waals surface area contributed by atoms with E-state index in [0.29, 0.717) is 13.1 Å². The Labute approximate surface area is 194 Å². The van der Waals surface area contributed by atoms with Crippen LogP contribution in [0.4, 0.5) is 17.1 Å². The molecule has 0 bridgehead atoms. The van der Waals surface area contributed by atoms with Crippen molar-refractivity contribution in [3.8, 4) is 0 Å². The molecule has 178 valence electrons. The van der Waals surface area contributed by atoms with Crippen molar-refractivity contribution in [3.63, 3.8) is 0 Å². The first-order valence-corrected chi connectivity index (χ1v) is 11.8. The van der Waals surface area contributed by atoms with Gasteiger partial charge in [0.05, 0.1) is 19.3 Å². The summed E-state index contributed by atoms with van der Waals surface area (Å²) in [5.41, 5.74) is 4.23. The molecule has 2 aromatic carbocycles. The number of aliphatic hydroxyl groups is 2. The molecule has 5 nitrogen and oxygen atoms in total. The van der Waals surface area contributed by atoms with E-state index in [1.807, 2.05) is 24.3 Å². The number of hydrogen-bond donors (Lipinski definition) is 3. The minimum atomic E-state index is -0.0727. The monoisotopic (exact) mass is 442 g/mol. The van der Waals surface area contributed by atoms with Crippen LogP contribution in [0.2, 0.25) is 0 Å². The third kappa shape index (κ3) is 5.64. The minimum Gasteiger partial charge on any atom is -0.395 e. The lowest BCUT2D eigenvalue weighted by Gasteiger charge is -2.48. The van der Waals surface area contributed by atoms with E-state index in [2.05, 4.69) is 76.0 Å². The lowest BCUT2D eigenvalue weighted by Crippen LogP contribution is -2.47. The van der Waals surface area contributed by atoms with Gasteiger partial charge in [-0.25, -0.2) is 0 Å². The van der Waals surface area contributed by atoms with Crippen molar-refractivity contribution in [1.82, 2.24) is 0 Å². The molecule has 5 heteroatoms. The highest BCUT2D eigenvalue weighted by Gasteiger charge is 2.45. The van der Waals surface area contributed by atoms with Gasteiger partial charge in [0, 0.05) is 42.2 Å². The Hall–Kier alpha value is -2.08. The molecule has 2 aromatic rings. The average Bonchev–Trinajstić information content (AvgIpc) is 2.81. The highest BCUT2D eigenvalue weighted by Crippen LogP contribution is 2.47. The lowest BCUT2D eigenvalue weighted by atomic mass is 9.59. The van der Waals surface area contributed by atoms with E-state index in [4.69, 9.17) is 9.84 Å². The summed E-state index contributed by atoms with van der Waals surface area (Å²) in [7, 11) is 0. The largest absolute Gasteiger partial charge is 0.395 e. The topological polar surface area (TPSA) is 65.0 Å². The van der Waals surface area contributed by atoms with Crippen molar-refractivity contribution in [1.29, 1.82) is 0 Å². The molecule has 0 aromatic heterocycles. The first kappa shape index (κ1) is 26.2. The number of hydrogen-bond acceptors (Lipinski definition) is 5. The van der Waals surface area contributed by atoms with Crippen LogP contribution in [0, 0.1) is 5.41 Å². The fraction of sp³-hybridized carbons (Fsp3) is 0.556. The van der Waals surface area contributed by atoms with Crippen LogP contribution in [-0.4, -0.2) is 49.2 Å². The molecular formula is C27H42N2O3. The molecule has 32 heavy (non-hydrogen) atoms. The van der Waals surface area contributed by atoms with Crippen molar-refractivity contribution in [2.24, 2.45) is 5.41 Å². The lowest BCUT2D eigenvalue weighted by molar-refractivity contribution is -0.0537. The summed E-state index contributed by atoms with van der Waals surface area (Å²) < 4.78 is 6.04. The second-order valence-electron chi connectivity index (χ2n) is 9.11. The first-order valence-electron chi connectivity index (χ1n) is 11.8. The molecule has 0 saturated carbocycles. The Kier molecular flexibility index (Phi) is 9.56. The molecule has 2 rings (SSSR count). The summed E-state index contributed by atoms with van der Waals surface area (Å²) in [6, 6.07) is 16.8. The van der Waals surface area contributed by atoms with Gasteiger partial charge in [0.25, 0.3) is 0 Å². The second kappa shape index (κ2) is 11.7. The quantitative estimate of drug-likeness (QED) is 0.391. The summed E-state index contributed by atoms with van der Waals surface area (Å²) in [5, 5.41) is 21.8. The first-order chi connectivity index (χ1) is 15.2. The molecule has 0 fully saturated rings. The van der Waals surface area contributed by atoms with E-state index in [1.165, 1.54) is 5.56 Å². The molecule has 0 saturated heterocycles. The zero-order valence-corrected chi connectivity index (χ0v) is 20.7. The number of ether oxygens (including phenoxy) is 1. The molecule has 0 heterocycles. The predicted octanol–water partition coefficient (Wildman–Crippen LogP) is 5.34. The molecule has 0 radical (unpaired) electrons. The Morgan fingerprint density at radius 1 is 0.906 bits per heavy atom. The highest BCUT2D eigenvalue weighted by atomic mass is 16.5. The summed E-state index contributed by atoms with van der Waals surface area (Å²) in [6.45, 7) is 15.4. The van der Waals surface area contributed by atoms with Crippen molar-refractivity contribution >= 4 is 17.1 Å². The molecule has 0 aliphatic heterocycles. The average molecular weight is 443 g/mol. The van der Waals surface area contributed by atoms with Gasteiger partial charge in [-0.05, 0) is 67.6 Å². The van der Waals surface area contributed by atoms with E-state index >= 15 is 0 Å². The van der Waals surface area contributed by atoms with Gasteiger partial charge >= 0.3 is 0 Å². The van der Waals surface area contributed by atoms with Crippen LogP contribution in [0.15, 0.2) is 48.5 Å². The van der Waals surface area contributed by atoms with Crippen LogP contribution in [0.5, 0.6) is 0 Å². The van der Waals surface area contributed by atoms with E-state index < -0.39 is 0 Å². The molecule has 0 aliphatic rings. The fourth-order valence-corrected chi connectivity index (χ4v) is 4.53. The zero-order chi connectivity index (χ0) is 23.8. The van der Waals surface area contributed by atoms with E-state index in [1.54, 1.807) is 0 Å². The van der Waals surface area contributed by atoms with Crippen molar-refractivity contribution < 1.29 is 14.9 Å². The molecular weight excluding hydrogens is 400 g/mol. The van der Waals surface area contributed by atoms with Crippen molar-refractivity contribution in [2.75, 3.05) is 43.1 Å². The fourth-order valence-electron chi connectivity index (χ4n) is 4.53. The summed E-state index contributed by atoms with van der Waals surface area (Å²) >= 11 is 0. The molecule has 2 unspecified atom stereocenters. The van der Waals surface area contributed by atoms with E-state index in [-0.39, 0.29) is 30.1 Å². The zero-order valence-electron chi connectivity index (χ0n) is 20.7. The second-order valence-corrected chi connectivity index (χ2v) is 9.11. The Balaban J connectivity index is 2.31. The third-order valence-electron chi connectivity index (χ3n) is 7.32. The summed E-state index contributed by atoms with van der Waals surface area (Å²) in [4.78, 5) is 2.12. The number of nitrogens with zero attached hydrogens (tertiary/aromatic N) is 1. The summed E-state index contributed by atoms with van der Waals surface area (Å²) in [6.07, 6.45) is 1.17. The van der Waals surface area contributed by atoms with Gasteiger partial charge in [-0.1, -0.05) is 39.8 Å². The van der Waals surface area contributed by atoms with Gasteiger partial charge in [0.1, 0.15) is 0 Å². The molecule has 2 atom stereocenters. The maximum Gasteiger partial charge on any atom is 0.0610 e. The van der Waals surface area contributed by atoms with Crippen molar-refractivity contribution in [2.45, 2.75) is 59.5 Å². The van der Waals surface area contributed by atoms with Gasteiger partial charge in [-0.2, -0.15) is 0 Å². The van der Waals surface area contributed by atoms with Crippen LogP contribution in [0.1, 0.15) is 53.5 Å². The van der Waals surface area contributed by atoms with Gasteiger partial charge < -0.3 is 25.2 Å². The number of benzene rings is 2. The third-order valence-corrected chi connectivity index (χ3v) is 7.32. The standard InChI is InChI=1S/C27H42N2O3/c1-7-27(6,21(3)32-8-2)26(4,5)22-9-13-24(14-10-22)29(18-20-31)25-15-11-23(12-16-25)28-17-19-30/h9-16,21,28,30-31H,7-8,17-20H2,1-6H3. The Bertz CT molecular complexity index is 805. The van der Waals surface area contributed by atoms with Crippen LogP contribution < -0.4 is 10.2 Å². The van der Waals surface area contributed by atoms with Crippen LogP contribution >= 0.6 is 0 Å². The molecule has 3 N–H and O–H groups in total. The van der Waals surface area contributed by atoms with E-state index in [9.17, 15) is 5.11 Å². The smallest absolute Gasteiger partial charge is 0.0610 e. The van der Waals surface area contributed by atoms with Crippen LogP contribution in [0.3, 0.4) is 0 Å². The normalized spacial score (nSPS) is 14.6. The summed E-state index contributed by atoms with van der Waals surface area (Å²) in [5.74, 6) is 0. The SMILES string of the molecule is CCOC(C)C(C)(CC)C(C)(C)c1ccc(N(CCO)c2ccc(NCCO)cc2)cc1. The Morgan fingerprint density at radius 2 is 1.47 bits per heavy atom. The van der Waals surface area contributed by atoms with Crippen LogP contribution in [0.25, 0.3) is 0 Å². The minimum absolute atomic E-state index is 0.00723. The number of anilines is 3. The van der Waals surface area contributed by atoms with E-state index in [0.717, 1.165) is 30.1 Å².